The Morgan fingerprint density at radius 2 is 2.27 bits per heavy atom. The Kier molecular flexibility index (Phi) is 2.09. The van der Waals surface area contributed by atoms with Crippen molar-refractivity contribution in [3.63, 3.8) is 0 Å². The van der Waals surface area contributed by atoms with Crippen LogP contribution in [0.3, 0.4) is 0 Å². The number of pyridine rings is 1. The number of hydrogen-bond acceptors (Lipinski definition) is 3. The lowest BCUT2D eigenvalue weighted by molar-refractivity contribution is 0.0696. The molecule has 0 aliphatic rings. The summed E-state index contributed by atoms with van der Waals surface area (Å²) in [6, 6.07) is 2.82. The highest BCUT2D eigenvalue weighted by Crippen LogP contribution is 2.10. The molecule has 6 nitrogen and oxygen atoms in total. The summed E-state index contributed by atoms with van der Waals surface area (Å²) >= 11 is 0. The number of H-pyrrole nitrogens is 1. The van der Waals surface area contributed by atoms with Gasteiger partial charge in [-0.25, -0.2) is 4.79 Å². The fraction of sp³-hybridized carbons (Fsp3) is 0. The van der Waals surface area contributed by atoms with Crippen molar-refractivity contribution >= 4 is 5.97 Å². The molecule has 0 spiro atoms. The minimum Gasteiger partial charge on any atom is -0.478 e. The van der Waals surface area contributed by atoms with Gasteiger partial charge in [0.2, 0.25) is 0 Å². The summed E-state index contributed by atoms with van der Waals surface area (Å²) in [7, 11) is 0. The topological polar surface area (TPSA) is 88.0 Å². The Balaban J connectivity index is 2.62. The van der Waals surface area contributed by atoms with Crippen LogP contribution < -0.4 is 5.56 Å². The Morgan fingerprint density at radius 1 is 1.47 bits per heavy atom. The van der Waals surface area contributed by atoms with Crippen LogP contribution in [0.15, 0.2) is 35.5 Å². The number of nitrogens with zero attached hydrogens (tertiary/aromatic N) is 2. The first-order valence-corrected chi connectivity index (χ1v) is 4.14. The highest BCUT2D eigenvalue weighted by Gasteiger charge is 2.11. The predicted molar refractivity (Wildman–Crippen MR) is 51.1 cm³/mol. The zero-order valence-corrected chi connectivity index (χ0v) is 7.54. The second kappa shape index (κ2) is 3.41. The van der Waals surface area contributed by atoms with Crippen molar-refractivity contribution in [2.75, 3.05) is 0 Å². The number of carboxylic acid groups (broad SMARTS) is 1. The van der Waals surface area contributed by atoms with Crippen molar-refractivity contribution in [1.29, 1.82) is 0 Å². The third-order valence-corrected chi connectivity index (χ3v) is 1.89. The van der Waals surface area contributed by atoms with Crippen LogP contribution in [0.4, 0.5) is 0 Å². The molecule has 0 fully saturated rings. The van der Waals surface area contributed by atoms with Crippen LogP contribution in [0.5, 0.6) is 0 Å². The summed E-state index contributed by atoms with van der Waals surface area (Å²) in [5.41, 5.74) is 0.118. The molecule has 0 amide bonds. The van der Waals surface area contributed by atoms with Crippen molar-refractivity contribution in [1.82, 2.24) is 14.8 Å². The molecular formula is C9H7N3O3. The zero-order chi connectivity index (χ0) is 10.8. The molecule has 0 unspecified atom stereocenters. The van der Waals surface area contributed by atoms with Gasteiger partial charge in [0.25, 0.3) is 5.56 Å². The van der Waals surface area contributed by atoms with Gasteiger partial charge in [-0.05, 0) is 6.07 Å². The van der Waals surface area contributed by atoms with Crippen molar-refractivity contribution in [3.05, 3.63) is 46.6 Å². The summed E-state index contributed by atoms with van der Waals surface area (Å²) in [5, 5.41) is 11.3. The molecule has 0 aromatic carbocycles. The SMILES string of the molecule is O=C(O)c1cnccc1-n1ccc(=O)[nH]1. The molecule has 0 atom stereocenters. The average Bonchev–Trinajstić information content (AvgIpc) is 2.65. The third-order valence-electron chi connectivity index (χ3n) is 1.89. The van der Waals surface area contributed by atoms with Gasteiger partial charge in [0.1, 0.15) is 5.56 Å². The van der Waals surface area contributed by atoms with E-state index in [0.29, 0.717) is 5.69 Å². The normalized spacial score (nSPS) is 10.1. The second-order valence-electron chi connectivity index (χ2n) is 2.86. The quantitative estimate of drug-likeness (QED) is 0.736. The number of aromatic nitrogens is 3. The summed E-state index contributed by atoms with van der Waals surface area (Å²) in [6.45, 7) is 0. The van der Waals surface area contributed by atoms with Gasteiger partial charge in [-0.2, -0.15) is 0 Å². The Bertz CT molecular complexity index is 555. The van der Waals surface area contributed by atoms with Crippen LogP contribution in [-0.2, 0) is 0 Å². The molecule has 2 aromatic rings. The number of carboxylic acids is 1. The lowest BCUT2D eigenvalue weighted by Gasteiger charge is -2.04. The molecule has 0 aliphatic heterocycles. The van der Waals surface area contributed by atoms with Crippen LogP contribution in [0, 0.1) is 0 Å². The highest BCUT2D eigenvalue weighted by molar-refractivity contribution is 5.91. The van der Waals surface area contributed by atoms with E-state index < -0.39 is 5.97 Å². The van der Waals surface area contributed by atoms with Crippen molar-refractivity contribution in [3.8, 4) is 5.69 Å². The molecule has 76 valence electrons. The Morgan fingerprint density at radius 3 is 2.87 bits per heavy atom. The molecule has 2 heterocycles. The predicted octanol–water partition coefficient (Wildman–Crippen LogP) is 0.259. The number of aromatic amines is 1. The number of hydrogen-bond donors (Lipinski definition) is 2. The largest absolute Gasteiger partial charge is 0.478 e. The van der Waals surface area contributed by atoms with Crippen LogP contribution >= 0.6 is 0 Å². The molecule has 0 radical (unpaired) electrons. The molecular weight excluding hydrogens is 198 g/mol. The molecule has 2 N–H and O–H groups in total. The van der Waals surface area contributed by atoms with Gasteiger partial charge >= 0.3 is 5.97 Å². The molecule has 15 heavy (non-hydrogen) atoms. The molecule has 0 aliphatic carbocycles. The number of rotatable bonds is 2. The van der Waals surface area contributed by atoms with E-state index in [0.717, 1.165) is 0 Å². The van der Waals surface area contributed by atoms with E-state index in [2.05, 4.69) is 10.1 Å². The minimum atomic E-state index is -1.09. The lowest BCUT2D eigenvalue weighted by atomic mass is 10.2. The van der Waals surface area contributed by atoms with E-state index in [-0.39, 0.29) is 11.1 Å². The van der Waals surface area contributed by atoms with Gasteiger partial charge in [0.15, 0.2) is 0 Å². The Labute approximate surface area is 83.8 Å². The number of nitrogens with one attached hydrogen (secondary N) is 1. The van der Waals surface area contributed by atoms with Gasteiger partial charge in [0.05, 0.1) is 5.69 Å². The fourth-order valence-corrected chi connectivity index (χ4v) is 1.24. The van der Waals surface area contributed by atoms with Crippen molar-refractivity contribution in [2.24, 2.45) is 0 Å². The van der Waals surface area contributed by atoms with Gasteiger partial charge < -0.3 is 5.11 Å². The summed E-state index contributed by atoms with van der Waals surface area (Å²) in [5.74, 6) is -1.09. The molecule has 2 rings (SSSR count). The standard InChI is InChI=1S/C9H7N3O3/c13-8-2-4-12(11-8)7-1-3-10-5-6(7)9(14)15/h1-5H,(H,11,13)(H,14,15). The van der Waals surface area contributed by atoms with Gasteiger partial charge in [-0.15, -0.1) is 0 Å². The van der Waals surface area contributed by atoms with Crippen LogP contribution in [0.2, 0.25) is 0 Å². The van der Waals surface area contributed by atoms with Gasteiger partial charge in [-0.1, -0.05) is 0 Å². The fourth-order valence-electron chi connectivity index (χ4n) is 1.24. The number of aromatic carboxylic acids is 1. The van der Waals surface area contributed by atoms with Crippen LogP contribution in [0.25, 0.3) is 5.69 Å². The van der Waals surface area contributed by atoms with Gasteiger partial charge in [0, 0.05) is 24.7 Å². The summed E-state index contributed by atoms with van der Waals surface area (Å²) in [6.07, 6.45) is 4.15. The minimum absolute atomic E-state index is 0.0318. The molecule has 0 saturated carbocycles. The number of carbonyl (C=O) groups is 1. The smallest absolute Gasteiger partial charge is 0.339 e. The lowest BCUT2D eigenvalue weighted by Crippen LogP contribution is -2.09. The van der Waals surface area contributed by atoms with E-state index in [1.165, 1.54) is 35.4 Å². The maximum Gasteiger partial charge on any atom is 0.339 e. The third kappa shape index (κ3) is 1.64. The van der Waals surface area contributed by atoms with E-state index in [4.69, 9.17) is 5.11 Å². The average molecular weight is 205 g/mol. The monoisotopic (exact) mass is 205 g/mol. The molecule has 2 aromatic heterocycles. The molecule has 0 bridgehead atoms. The van der Waals surface area contributed by atoms with Crippen molar-refractivity contribution < 1.29 is 9.90 Å². The van der Waals surface area contributed by atoms with E-state index in [1.807, 2.05) is 0 Å². The van der Waals surface area contributed by atoms with Crippen LogP contribution in [-0.4, -0.2) is 25.8 Å². The van der Waals surface area contributed by atoms with E-state index in [1.54, 1.807) is 0 Å². The summed E-state index contributed by atoms with van der Waals surface area (Å²) < 4.78 is 1.34. The zero-order valence-electron chi connectivity index (χ0n) is 7.54. The first-order chi connectivity index (χ1) is 7.18. The first-order valence-electron chi connectivity index (χ1n) is 4.14. The maximum atomic E-state index is 10.9. The maximum absolute atomic E-state index is 10.9. The van der Waals surface area contributed by atoms with E-state index in [9.17, 15) is 9.59 Å². The Hall–Kier alpha value is -2.37. The van der Waals surface area contributed by atoms with Gasteiger partial charge in [-0.3, -0.25) is 19.6 Å². The van der Waals surface area contributed by atoms with E-state index >= 15 is 0 Å². The molecule has 0 saturated heterocycles. The molecule has 6 heteroatoms. The highest BCUT2D eigenvalue weighted by atomic mass is 16.4. The van der Waals surface area contributed by atoms with Crippen molar-refractivity contribution in [2.45, 2.75) is 0 Å². The van der Waals surface area contributed by atoms with Crippen LogP contribution in [0.1, 0.15) is 10.4 Å². The second-order valence-corrected chi connectivity index (χ2v) is 2.86. The summed E-state index contributed by atoms with van der Waals surface area (Å²) in [4.78, 5) is 25.5. The first kappa shape index (κ1) is 9.20.